The van der Waals surface area contributed by atoms with Gasteiger partial charge in [-0.1, -0.05) is 34.1 Å². The number of amides is 2. The Morgan fingerprint density at radius 2 is 1.89 bits per heavy atom. The molecule has 0 spiro atoms. The molecule has 2 saturated heterocycles. The predicted octanol–water partition coefficient (Wildman–Crippen LogP) is 1.89. The molecule has 0 aromatic heterocycles. The maximum atomic E-state index is 12.7. The fraction of sp³-hybridized carbons (Fsp3) is 0.867. The summed E-state index contributed by atoms with van der Waals surface area (Å²) in [5, 5.41) is 0. The van der Waals surface area contributed by atoms with Crippen LogP contribution in [0.3, 0.4) is 0 Å². The van der Waals surface area contributed by atoms with Crippen molar-refractivity contribution < 1.29 is 9.59 Å². The Morgan fingerprint density at radius 1 is 1.21 bits per heavy atom. The van der Waals surface area contributed by atoms with Crippen LogP contribution in [0.1, 0.15) is 47.0 Å². The van der Waals surface area contributed by atoms with Crippen molar-refractivity contribution in [2.75, 3.05) is 13.1 Å². The van der Waals surface area contributed by atoms with Gasteiger partial charge in [-0.2, -0.15) is 0 Å². The molecule has 3 unspecified atom stereocenters. The van der Waals surface area contributed by atoms with Crippen molar-refractivity contribution in [3.63, 3.8) is 0 Å². The molecule has 2 aliphatic rings. The molecule has 0 aliphatic carbocycles. The maximum Gasteiger partial charge on any atom is 0.246 e. The second kappa shape index (κ2) is 5.51. The Balaban J connectivity index is 2.25. The third-order valence-electron chi connectivity index (χ3n) is 4.53. The van der Waals surface area contributed by atoms with Gasteiger partial charge in [0.25, 0.3) is 0 Å². The van der Waals surface area contributed by atoms with Crippen molar-refractivity contribution in [2.45, 2.75) is 59.0 Å². The minimum atomic E-state index is -0.254. The Morgan fingerprint density at radius 3 is 2.47 bits per heavy atom. The van der Waals surface area contributed by atoms with Crippen molar-refractivity contribution in [3.05, 3.63) is 0 Å². The molecule has 0 bridgehead atoms. The van der Waals surface area contributed by atoms with Crippen molar-refractivity contribution in [1.29, 1.82) is 0 Å². The van der Waals surface area contributed by atoms with Gasteiger partial charge in [0.05, 0.1) is 0 Å². The number of piperazine rings is 1. The zero-order valence-corrected chi connectivity index (χ0v) is 12.6. The van der Waals surface area contributed by atoms with Crippen LogP contribution < -0.4 is 0 Å². The van der Waals surface area contributed by atoms with Crippen LogP contribution >= 0.6 is 0 Å². The van der Waals surface area contributed by atoms with Crippen molar-refractivity contribution >= 4 is 11.8 Å². The fourth-order valence-corrected chi connectivity index (χ4v) is 3.23. The third kappa shape index (κ3) is 2.49. The first-order valence-corrected chi connectivity index (χ1v) is 7.58. The number of hydrogen-bond donors (Lipinski definition) is 0. The van der Waals surface area contributed by atoms with Crippen LogP contribution in [0.4, 0.5) is 0 Å². The van der Waals surface area contributed by atoms with E-state index in [0.717, 1.165) is 25.8 Å². The number of hydrogen-bond acceptors (Lipinski definition) is 2. The summed E-state index contributed by atoms with van der Waals surface area (Å²) in [4.78, 5) is 28.9. The zero-order chi connectivity index (χ0) is 14.2. The van der Waals surface area contributed by atoms with Crippen molar-refractivity contribution in [3.8, 4) is 0 Å². The standard InChI is InChI=1S/C15H26N2O2/c1-5-11(4)9-17-13(10(2)3)15(19)16-8-6-7-12(16)14(17)18/h10-13H,5-9H2,1-4H3. The summed E-state index contributed by atoms with van der Waals surface area (Å²) < 4.78 is 0. The van der Waals surface area contributed by atoms with Gasteiger partial charge in [-0.15, -0.1) is 0 Å². The number of carbonyl (C=O) groups is 2. The number of fused-ring (bicyclic) bond motifs is 1. The topological polar surface area (TPSA) is 40.6 Å². The third-order valence-corrected chi connectivity index (χ3v) is 4.53. The molecule has 0 N–H and O–H groups in total. The van der Waals surface area contributed by atoms with E-state index in [0.29, 0.717) is 12.5 Å². The summed E-state index contributed by atoms with van der Waals surface area (Å²) in [5.74, 6) is 0.976. The number of nitrogens with zero attached hydrogens (tertiary/aromatic N) is 2. The molecule has 0 aromatic rings. The summed E-state index contributed by atoms with van der Waals surface area (Å²) >= 11 is 0. The smallest absolute Gasteiger partial charge is 0.246 e. The molecular weight excluding hydrogens is 240 g/mol. The number of carbonyl (C=O) groups excluding carboxylic acids is 2. The molecule has 0 saturated carbocycles. The van der Waals surface area contributed by atoms with Crippen LogP contribution in [0.2, 0.25) is 0 Å². The van der Waals surface area contributed by atoms with Crippen LogP contribution in [0.5, 0.6) is 0 Å². The van der Waals surface area contributed by atoms with Gasteiger partial charge in [-0.3, -0.25) is 9.59 Å². The Hall–Kier alpha value is -1.06. The van der Waals surface area contributed by atoms with E-state index in [4.69, 9.17) is 0 Å². The zero-order valence-electron chi connectivity index (χ0n) is 12.6. The summed E-state index contributed by atoms with van der Waals surface area (Å²) in [6, 6.07) is -0.428. The summed E-state index contributed by atoms with van der Waals surface area (Å²) in [6.45, 7) is 9.83. The van der Waals surface area contributed by atoms with E-state index in [1.54, 1.807) is 0 Å². The van der Waals surface area contributed by atoms with Gasteiger partial charge in [0.2, 0.25) is 11.8 Å². The minimum Gasteiger partial charge on any atom is -0.329 e. The lowest BCUT2D eigenvalue weighted by molar-refractivity contribution is -0.162. The first-order valence-electron chi connectivity index (χ1n) is 7.58. The lowest BCUT2D eigenvalue weighted by Gasteiger charge is -2.44. The summed E-state index contributed by atoms with van der Waals surface area (Å²) in [7, 11) is 0. The van der Waals surface area contributed by atoms with Gasteiger partial charge in [-0.05, 0) is 24.7 Å². The molecule has 3 atom stereocenters. The summed E-state index contributed by atoms with van der Waals surface area (Å²) in [6.07, 6.45) is 2.84. The SMILES string of the molecule is CCC(C)CN1C(=O)C2CCCN2C(=O)C1C(C)C. The molecule has 19 heavy (non-hydrogen) atoms. The highest BCUT2D eigenvalue weighted by Crippen LogP contribution is 2.30. The number of rotatable bonds is 4. The van der Waals surface area contributed by atoms with Crippen LogP contribution in [-0.4, -0.2) is 46.8 Å². The minimum absolute atomic E-state index is 0.167. The van der Waals surface area contributed by atoms with E-state index in [9.17, 15) is 9.59 Å². The van der Waals surface area contributed by atoms with Gasteiger partial charge in [0, 0.05) is 13.1 Å². The average Bonchev–Trinajstić information content (AvgIpc) is 2.84. The Kier molecular flexibility index (Phi) is 4.16. The van der Waals surface area contributed by atoms with Gasteiger partial charge in [0.15, 0.2) is 0 Å². The van der Waals surface area contributed by atoms with Gasteiger partial charge in [-0.25, -0.2) is 0 Å². The van der Waals surface area contributed by atoms with E-state index >= 15 is 0 Å². The first-order chi connectivity index (χ1) is 8.97. The highest BCUT2D eigenvalue weighted by atomic mass is 16.2. The Bertz CT molecular complexity index is 367. The second-order valence-corrected chi connectivity index (χ2v) is 6.38. The van der Waals surface area contributed by atoms with Crippen LogP contribution in [0.25, 0.3) is 0 Å². The fourth-order valence-electron chi connectivity index (χ4n) is 3.23. The van der Waals surface area contributed by atoms with E-state index in [1.165, 1.54) is 0 Å². The Labute approximate surface area is 116 Å². The van der Waals surface area contributed by atoms with Crippen LogP contribution in [0, 0.1) is 11.8 Å². The van der Waals surface area contributed by atoms with E-state index < -0.39 is 0 Å². The molecule has 2 fully saturated rings. The highest BCUT2D eigenvalue weighted by molar-refractivity contribution is 5.97. The lowest BCUT2D eigenvalue weighted by atomic mass is 9.94. The van der Waals surface area contributed by atoms with Crippen LogP contribution in [0.15, 0.2) is 0 Å². The monoisotopic (exact) mass is 266 g/mol. The highest BCUT2D eigenvalue weighted by Gasteiger charge is 2.48. The maximum absolute atomic E-state index is 12.7. The quantitative estimate of drug-likeness (QED) is 0.779. The molecule has 2 rings (SSSR count). The molecular formula is C15H26N2O2. The first kappa shape index (κ1) is 14.4. The van der Waals surface area contributed by atoms with Crippen molar-refractivity contribution in [2.24, 2.45) is 11.8 Å². The average molecular weight is 266 g/mol. The second-order valence-electron chi connectivity index (χ2n) is 6.38. The molecule has 4 nitrogen and oxygen atoms in total. The molecule has 0 aromatic carbocycles. The van der Waals surface area contributed by atoms with Gasteiger partial charge < -0.3 is 9.80 Å². The molecule has 0 radical (unpaired) electrons. The molecule has 108 valence electrons. The summed E-state index contributed by atoms with van der Waals surface area (Å²) in [5.41, 5.74) is 0. The molecule has 2 amide bonds. The van der Waals surface area contributed by atoms with Gasteiger partial charge in [0.1, 0.15) is 12.1 Å². The largest absolute Gasteiger partial charge is 0.329 e. The lowest BCUT2D eigenvalue weighted by Crippen LogP contribution is -2.64. The molecule has 4 heteroatoms. The molecule has 2 aliphatic heterocycles. The predicted molar refractivity (Wildman–Crippen MR) is 74.5 cm³/mol. The van der Waals surface area contributed by atoms with E-state index in [1.807, 2.05) is 23.6 Å². The van der Waals surface area contributed by atoms with Crippen molar-refractivity contribution in [1.82, 2.24) is 9.80 Å². The normalized spacial score (nSPS) is 29.1. The van der Waals surface area contributed by atoms with Gasteiger partial charge >= 0.3 is 0 Å². The molecule has 2 heterocycles. The van der Waals surface area contributed by atoms with Crippen LogP contribution in [-0.2, 0) is 9.59 Å². The van der Waals surface area contributed by atoms with E-state index in [-0.39, 0.29) is 29.8 Å². The van der Waals surface area contributed by atoms with E-state index in [2.05, 4.69) is 13.8 Å².